The smallest absolute Gasteiger partial charge is 0.338 e. The molecule has 7 nitrogen and oxygen atoms in total. The van der Waals surface area contributed by atoms with Gasteiger partial charge in [0.2, 0.25) is 11.8 Å². The summed E-state index contributed by atoms with van der Waals surface area (Å²) in [4.78, 5) is 31.0. The Kier molecular flexibility index (Phi) is 5.49. The van der Waals surface area contributed by atoms with Gasteiger partial charge < -0.3 is 10.5 Å². The molecule has 0 aromatic heterocycles. The van der Waals surface area contributed by atoms with Gasteiger partial charge in [-0.3, -0.25) is 14.8 Å². The third kappa shape index (κ3) is 4.76. The van der Waals surface area contributed by atoms with Crippen LogP contribution in [0.4, 0.5) is 0 Å². The van der Waals surface area contributed by atoms with Gasteiger partial charge in [-0.15, -0.1) is 0 Å². The van der Waals surface area contributed by atoms with Crippen molar-refractivity contribution in [3.8, 4) is 0 Å². The fraction of sp³-hybridized carbons (Fsp3) is 0.250. The molecule has 0 radical (unpaired) electrons. The molecule has 2 rings (SSSR count). The highest BCUT2D eigenvalue weighted by molar-refractivity contribution is 5.93. The molecular formula is C12H14N2O5. The average Bonchev–Trinajstić information content (AvgIpc) is 2.79. The fourth-order valence-electron chi connectivity index (χ4n) is 1.36. The Balaban J connectivity index is 0.000000192. The average molecular weight is 266 g/mol. The highest BCUT2D eigenvalue weighted by atomic mass is 16.5. The van der Waals surface area contributed by atoms with Crippen LogP contribution in [0.3, 0.4) is 0 Å². The Labute approximate surface area is 109 Å². The van der Waals surface area contributed by atoms with Crippen LogP contribution in [-0.2, 0) is 20.9 Å². The van der Waals surface area contributed by atoms with Crippen LogP contribution in [0.15, 0.2) is 24.3 Å². The van der Waals surface area contributed by atoms with Crippen LogP contribution >= 0.6 is 0 Å². The van der Waals surface area contributed by atoms with Crippen LogP contribution in [0, 0.1) is 0 Å². The predicted octanol–water partition coefficient (Wildman–Crippen LogP) is 0.114. The Morgan fingerprint density at radius 3 is 2.58 bits per heavy atom. The number of carbonyl (C=O) groups is 3. The summed E-state index contributed by atoms with van der Waals surface area (Å²) < 4.78 is 4.78. The van der Waals surface area contributed by atoms with Crippen molar-refractivity contribution in [3.05, 3.63) is 35.4 Å². The van der Waals surface area contributed by atoms with E-state index in [1.54, 1.807) is 6.07 Å². The van der Waals surface area contributed by atoms with Gasteiger partial charge in [0.25, 0.3) is 0 Å². The Morgan fingerprint density at radius 1 is 1.32 bits per heavy atom. The van der Waals surface area contributed by atoms with Crippen molar-refractivity contribution in [1.82, 2.24) is 5.48 Å². The standard InChI is InChI=1S/C8H6O2.C4H8N2O3/c9-8-7-4-2-1-3-6(7)5-10-8;5-3(7)1-2-4(8)6-9/h1-4H,5H2;9H,1-2H2,(H2,5,7)(H,6,8). The van der Waals surface area contributed by atoms with E-state index in [1.807, 2.05) is 18.2 Å². The number of hydroxylamine groups is 1. The molecule has 0 bridgehead atoms. The Morgan fingerprint density at radius 2 is 2.00 bits per heavy atom. The predicted molar refractivity (Wildman–Crippen MR) is 63.9 cm³/mol. The molecule has 102 valence electrons. The van der Waals surface area contributed by atoms with E-state index in [0.29, 0.717) is 12.2 Å². The van der Waals surface area contributed by atoms with Crippen LogP contribution in [0.5, 0.6) is 0 Å². The number of hydrogen-bond acceptors (Lipinski definition) is 5. The van der Waals surface area contributed by atoms with E-state index < -0.39 is 11.8 Å². The second kappa shape index (κ2) is 7.12. The highest BCUT2D eigenvalue weighted by Crippen LogP contribution is 2.17. The number of nitrogens with two attached hydrogens (primary N) is 1. The van der Waals surface area contributed by atoms with E-state index in [-0.39, 0.29) is 18.8 Å². The van der Waals surface area contributed by atoms with E-state index >= 15 is 0 Å². The number of carbonyl (C=O) groups excluding carboxylic acids is 3. The lowest BCUT2D eigenvalue weighted by Crippen LogP contribution is -2.21. The summed E-state index contributed by atoms with van der Waals surface area (Å²) in [5, 5.41) is 7.90. The number of primary amides is 1. The fourth-order valence-corrected chi connectivity index (χ4v) is 1.36. The number of ether oxygens (including phenoxy) is 1. The summed E-state index contributed by atoms with van der Waals surface area (Å²) in [6, 6.07) is 7.43. The SMILES string of the molecule is NC(=O)CCC(=O)NO.O=C1OCc2ccccc21. The van der Waals surface area contributed by atoms with Crippen molar-refractivity contribution < 1.29 is 24.3 Å². The number of fused-ring (bicyclic) bond motifs is 1. The first-order valence-corrected chi connectivity index (χ1v) is 5.51. The zero-order chi connectivity index (χ0) is 14.3. The zero-order valence-electron chi connectivity index (χ0n) is 10.1. The first kappa shape index (κ1) is 14.7. The molecule has 1 aliphatic rings. The molecule has 1 aliphatic heterocycles. The number of rotatable bonds is 3. The van der Waals surface area contributed by atoms with Gasteiger partial charge in [-0.2, -0.15) is 0 Å². The van der Waals surface area contributed by atoms with Crippen LogP contribution in [0.2, 0.25) is 0 Å². The molecule has 1 aromatic rings. The molecule has 0 unspecified atom stereocenters. The Bertz CT molecular complexity index is 487. The molecule has 1 aromatic carbocycles. The molecule has 2 amide bonds. The van der Waals surface area contributed by atoms with Crippen LogP contribution in [-0.4, -0.2) is 23.0 Å². The van der Waals surface area contributed by atoms with Gasteiger partial charge in [-0.25, -0.2) is 10.3 Å². The molecule has 7 heteroatoms. The van der Waals surface area contributed by atoms with E-state index in [4.69, 9.17) is 15.7 Å². The van der Waals surface area contributed by atoms with Gasteiger partial charge >= 0.3 is 5.97 Å². The molecule has 0 aliphatic carbocycles. The van der Waals surface area contributed by atoms with E-state index in [0.717, 1.165) is 5.56 Å². The van der Waals surface area contributed by atoms with Gasteiger partial charge in [-0.05, 0) is 6.07 Å². The van der Waals surface area contributed by atoms with Crippen molar-refractivity contribution in [2.45, 2.75) is 19.4 Å². The summed E-state index contributed by atoms with van der Waals surface area (Å²) in [6.45, 7) is 0.439. The summed E-state index contributed by atoms with van der Waals surface area (Å²) in [7, 11) is 0. The Hall–Kier alpha value is -2.41. The minimum atomic E-state index is -0.603. The number of esters is 1. The normalized spacial score (nSPS) is 11.7. The largest absolute Gasteiger partial charge is 0.457 e. The maximum atomic E-state index is 10.8. The topological polar surface area (TPSA) is 119 Å². The number of benzene rings is 1. The molecule has 0 spiro atoms. The number of nitrogens with one attached hydrogen (secondary N) is 1. The minimum absolute atomic E-state index is 0.0353. The first-order chi connectivity index (χ1) is 9.04. The quantitative estimate of drug-likeness (QED) is 0.407. The van der Waals surface area contributed by atoms with Crippen LogP contribution in [0.1, 0.15) is 28.8 Å². The summed E-state index contributed by atoms with van der Waals surface area (Å²) >= 11 is 0. The van der Waals surface area contributed by atoms with Gasteiger partial charge in [0.1, 0.15) is 6.61 Å². The molecule has 0 atom stereocenters. The monoisotopic (exact) mass is 266 g/mol. The maximum absolute atomic E-state index is 10.8. The van der Waals surface area contributed by atoms with Gasteiger partial charge in [0, 0.05) is 18.4 Å². The molecule has 0 saturated carbocycles. The van der Waals surface area contributed by atoms with Gasteiger partial charge in [0.15, 0.2) is 0 Å². The molecule has 4 N–H and O–H groups in total. The molecule has 19 heavy (non-hydrogen) atoms. The second-order valence-electron chi connectivity index (χ2n) is 3.73. The second-order valence-corrected chi connectivity index (χ2v) is 3.73. The van der Waals surface area contributed by atoms with E-state index in [1.165, 1.54) is 5.48 Å². The molecule has 0 saturated heterocycles. The third-order valence-corrected chi connectivity index (χ3v) is 2.32. The lowest BCUT2D eigenvalue weighted by atomic mass is 10.1. The molecule has 0 fully saturated rings. The van der Waals surface area contributed by atoms with E-state index in [2.05, 4.69) is 0 Å². The molecular weight excluding hydrogens is 252 g/mol. The van der Waals surface area contributed by atoms with Gasteiger partial charge in [-0.1, -0.05) is 18.2 Å². The van der Waals surface area contributed by atoms with Crippen LogP contribution < -0.4 is 11.2 Å². The first-order valence-electron chi connectivity index (χ1n) is 5.51. The van der Waals surface area contributed by atoms with Gasteiger partial charge in [0.05, 0.1) is 5.56 Å². The number of amides is 2. The molecule has 1 heterocycles. The summed E-state index contributed by atoms with van der Waals surface area (Å²) in [6.07, 6.45) is -0.0990. The number of cyclic esters (lactones) is 1. The van der Waals surface area contributed by atoms with Crippen molar-refractivity contribution in [1.29, 1.82) is 0 Å². The lowest BCUT2D eigenvalue weighted by Gasteiger charge is -1.92. The van der Waals surface area contributed by atoms with Crippen LogP contribution in [0.25, 0.3) is 0 Å². The zero-order valence-corrected chi connectivity index (χ0v) is 10.1. The van der Waals surface area contributed by atoms with Crippen molar-refractivity contribution >= 4 is 17.8 Å². The van der Waals surface area contributed by atoms with E-state index in [9.17, 15) is 14.4 Å². The number of hydrogen-bond donors (Lipinski definition) is 3. The summed E-state index contributed by atoms with van der Waals surface area (Å²) in [5.41, 5.74) is 7.77. The third-order valence-electron chi connectivity index (χ3n) is 2.32. The summed E-state index contributed by atoms with van der Waals surface area (Å²) in [5.74, 6) is -1.36. The van der Waals surface area contributed by atoms with Crippen molar-refractivity contribution in [2.24, 2.45) is 5.73 Å². The highest BCUT2D eigenvalue weighted by Gasteiger charge is 2.18. The van der Waals surface area contributed by atoms with Crippen molar-refractivity contribution in [2.75, 3.05) is 0 Å². The van der Waals surface area contributed by atoms with Crippen molar-refractivity contribution in [3.63, 3.8) is 0 Å². The maximum Gasteiger partial charge on any atom is 0.338 e. The lowest BCUT2D eigenvalue weighted by molar-refractivity contribution is -0.131. The minimum Gasteiger partial charge on any atom is -0.457 e.